The second-order valence-electron chi connectivity index (χ2n) is 8.56. The summed E-state index contributed by atoms with van der Waals surface area (Å²) in [7, 11) is 2.16. The standard InChI is InChI=1S/C32H31N/c1-24-15-17-29(18-16-24)30-21-19-28(20-22-30)26(3)33(4)32(31-13-9-6-10-14-31)23-25(2)27-11-7-5-8-12-27/h5-23,26H,2H2,1,3-4H3/b32-23-. The molecule has 0 bridgehead atoms. The van der Waals surface area contributed by atoms with Gasteiger partial charge in [-0.3, -0.25) is 0 Å². The number of allylic oxidation sites excluding steroid dienone is 2. The highest BCUT2D eigenvalue weighted by molar-refractivity contribution is 5.82. The van der Waals surface area contributed by atoms with Crippen molar-refractivity contribution in [1.29, 1.82) is 0 Å². The van der Waals surface area contributed by atoms with E-state index in [-0.39, 0.29) is 6.04 Å². The quantitative estimate of drug-likeness (QED) is 0.267. The Balaban J connectivity index is 1.63. The van der Waals surface area contributed by atoms with Gasteiger partial charge in [0.15, 0.2) is 0 Å². The molecule has 0 aliphatic rings. The third kappa shape index (κ3) is 5.32. The molecule has 1 heteroatoms. The molecule has 0 heterocycles. The molecule has 0 radical (unpaired) electrons. The molecule has 4 aromatic rings. The van der Waals surface area contributed by atoms with Crippen molar-refractivity contribution in [2.45, 2.75) is 19.9 Å². The number of rotatable bonds is 7. The van der Waals surface area contributed by atoms with E-state index in [1.54, 1.807) is 0 Å². The minimum Gasteiger partial charge on any atom is -0.367 e. The van der Waals surface area contributed by atoms with Crippen LogP contribution >= 0.6 is 0 Å². The van der Waals surface area contributed by atoms with Gasteiger partial charge in [0.1, 0.15) is 0 Å². The first-order valence-electron chi connectivity index (χ1n) is 11.4. The maximum atomic E-state index is 4.35. The summed E-state index contributed by atoms with van der Waals surface area (Å²) in [6.45, 7) is 8.73. The van der Waals surface area contributed by atoms with Gasteiger partial charge in [-0.25, -0.2) is 0 Å². The minimum absolute atomic E-state index is 0.201. The van der Waals surface area contributed by atoms with Crippen molar-refractivity contribution < 1.29 is 0 Å². The van der Waals surface area contributed by atoms with Crippen LogP contribution in [0.5, 0.6) is 0 Å². The third-order valence-corrected chi connectivity index (χ3v) is 6.26. The van der Waals surface area contributed by atoms with E-state index in [9.17, 15) is 0 Å². The lowest BCUT2D eigenvalue weighted by atomic mass is 9.98. The van der Waals surface area contributed by atoms with Gasteiger partial charge >= 0.3 is 0 Å². The monoisotopic (exact) mass is 429 g/mol. The van der Waals surface area contributed by atoms with E-state index in [0.29, 0.717) is 0 Å². The van der Waals surface area contributed by atoms with Gasteiger partial charge in [-0.2, -0.15) is 0 Å². The van der Waals surface area contributed by atoms with Gasteiger partial charge in [-0.1, -0.05) is 121 Å². The molecule has 1 atom stereocenters. The van der Waals surface area contributed by atoms with Crippen molar-refractivity contribution in [3.05, 3.63) is 144 Å². The van der Waals surface area contributed by atoms with Gasteiger partial charge in [0.05, 0.1) is 6.04 Å². The topological polar surface area (TPSA) is 3.24 Å². The van der Waals surface area contributed by atoms with Crippen LogP contribution in [-0.4, -0.2) is 11.9 Å². The number of hydrogen-bond acceptors (Lipinski definition) is 1. The maximum Gasteiger partial charge on any atom is 0.0511 e. The summed E-state index contributed by atoms with van der Waals surface area (Å²) in [5, 5.41) is 0. The van der Waals surface area contributed by atoms with Crippen molar-refractivity contribution in [1.82, 2.24) is 4.90 Å². The van der Waals surface area contributed by atoms with Crippen LogP contribution in [0.15, 0.2) is 122 Å². The number of nitrogens with zero attached hydrogens (tertiary/aromatic N) is 1. The molecule has 0 aromatic heterocycles. The Labute approximate surface area is 198 Å². The summed E-state index contributed by atoms with van der Waals surface area (Å²) in [5.41, 5.74) is 9.52. The number of hydrogen-bond donors (Lipinski definition) is 0. The molecular formula is C32H31N. The maximum absolute atomic E-state index is 4.35. The van der Waals surface area contributed by atoms with E-state index in [0.717, 1.165) is 16.8 Å². The summed E-state index contributed by atoms with van der Waals surface area (Å²) in [5.74, 6) is 0. The summed E-state index contributed by atoms with van der Waals surface area (Å²) >= 11 is 0. The summed E-state index contributed by atoms with van der Waals surface area (Å²) in [4.78, 5) is 2.34. The lowest BCUT2D eigenvalue weighted by Gasteiger charge is -2.30. The molecule has 1 unspecified atom stereocenters. The SMILES string of the molecule is C=C(/C=C(/c1ccccc1)N(C)C(C)c1ccc(-c2ccc(C)cc2)cc1)c1ccccc1. The first-order chi connectivity index (χ1) is 16.0. The van der Waals surface area contributed by atoms with Crippen LogP contribution in [-0.2, 0) is 0 Å². The highest BCUT2D eigenvalue weighted by Crippen LogP contribution is 2.31. The third-order valence-electron chi connectivity index (χ3n) is 6.26. The fraction of sp³-hybridized carbons (Fsp3) is 0.125. The van der Waals surface area contributed by atoms with E-state index in [4.69, 9.17) is 0 Å². The second kappa shape index (κ2) is 10.2. The molecule has 0 fully saturated rings. The number of aryl methyl sites for hydroxylation is 1. The lowest BCUT2D eigenvalue weighted by Crippen LogP contribution is -2.21. The minimum atomic E-state index is 0.201. The van der Waals surface area contributed by atoms with E-state index in [1.165, 1.54) is 27.8 Å². The fourth-order valence-electron chi connectivity index (χ4n) is 4.03. The summed E-state index contributed by atoms with van der Waals surface area (Å²) < 4.78 is 0. The van der Waals surface area contributed by atoms with Crippen LogP contribution in [0.4, 0.5) is 0 Å². The molecule has 0 N–H and O–H groups in total. The largest absolute Gasteiger partial charge is 0.367 e. The Hall–Kier alpha value is -3.84. The van der Waals surface area contributed by atoms with Gasteiger partial charge in [0, 0.05) is 12.7 Å². The highest BCUT2D eigenvalue weighted by atomic mass is 15.1. The zero-order valence-electron chi connectivity index (χ0n) is 19.7. The number of benzene rings is 4. The van der Waals surface area contributed by atoms with Gasteiger partial charge in [-0.15, -0.1) is 0 Å². The van der Waals surface area contributed by atoms with E-state index < -0.39 is 0 Å². The molecule has 0 saturated heterocycles. The molecule has 0 aliphatic heterocycles. The Morgan fingerprint density at radius 1 is 0.697 bits per heavy atom. The van der Waals surface area contributed by atoms with Crippen LogP contribution in [0.25, 0.3) is 22.4 Å². The first kappa shape index (κ1) is 22.4. The van der Waals surface area contributed by atoms with Crippen molar-refractivity contribution >= 4 is 11.3 Å². The summed E-state index contributed by atoms with van der Waals surface area (Å²) in [6.07, 6.45) is 2.20. The van der Waals surface area contributed by atoms with Crippen LogP contribution in [0, 0.1) is 6.92 Å². The van der Waals surface area contributed by atoms with Gasteiger partial charge < -0.3 is 4.90 Å². The van der Waals surface area contributed by atoms with Crippen LogP contribution in [0.2, 0.25) is 0 Å². The van der Waals surface area contributed by atoms with E-state index in [2.05, 4.69) is 142 Å². The average Bonchev–Trinajstić information content (AvgIpc) is 2.88. The molecule has 0 aliphatic carbocycles. The normalized spacial score (nSPS) is 12.3. The van der Waals surface area contributed by atoms with Crippen LogP contribution in [0.1, 0.15) is 35.2 Å². The van der Waals surface area contributed by atoms with Gasteiger partial charge in [0.25, 0.3) is 0 Å². The molecule has 4 rings (SSSR count). The second-order valence-corrected chi connectivity index (χ2v) is 8.56. The predicted molar refractivity (Wildman–Crippen MR) is 143 cm³/mol. The first-order valence-corrected chi connectivity index (χ1v) is 11.4. The predicted octanol–water partition coefficient (Wildman–Crippen LogP) is 8.41. The van der Waals surface area contributed by atoms with Crippen molar-refractivity contribution in [3.63, 3.8) is 0 Å². The summed E-state index contributed by atoms with van der Waals surface area (Å²) in [6, 6.07) is 38.7. The lowest BCUT2D eigenvalue weighted by molar-refractivity contribution is 0.381. The van der Waals surface area contributed by atoms with E-state index >= 15 is 0 Å². The average molecular weight is 430 g/mol. The van der Waals surface area contributed by atoms with Crippen molar-refractivity contribution in [2.75, 3.05) is 7.05 Å². The Kier molecular flexibility index (Phi) is 6.90. The van der Waals surface area contributed by atoms with Crippen LogP contribution < -0.4 is 0 Å². The molecule has 0 amide bonds. The molecule has 33 heavy (non-hydrogen) atoms. The van der Waals surface area contributed by atoms with Crippen molar-refractivity contribution in [3.8, 4) is 11.1 Å². The Bertz CT molecular complexity index is 1220. The van der Waals surface area contributed by atoms with Gasteiger partial charge in [-0.05, 0) is 53.3 Å². The Morgan fingerprint density at radius 2 is 1.18 bits per heavy atom. The molecule has 0 saturated carbocycles. The Morgan fingerprint density at radius 3 is 1.73 bits per heavy atom. The molecular weight excluding hydrogens is 398 g/mol. The smallest absolute Gasteiger partial charge is 0.0511 e. The molecule has 1 nitrogen and oxygen atoms in total. The highest BCUT2D eigenvalue weighted by Gasteiger charge is 2.17. The fourth-order valence-corrected chi connectivity index (χ4v) is 4.03. The molecule has 0 spiro atoms. The molecule has 164 valence electrons. The zero-order chi connectivity index (χ0) is 23.2. The van der Waals surface area contributed by atoms with E-state index in [1.807, 2.05) is 6.07 Å². The van der Waals surface area contributed by atoms with Crippen molar-refractivity contribution in [2.24, 2.45) is 0 Å². The molecule has 4 aromatic carbocycles. The zero-order valence-corrected chi connectivity index (χ0v) is 19.7. The van der Waals surface area contributed by atoms with Gasteiger partial charge in [0.2, 0.25) is 0 Å². The van der Waals surface area contributed by atoms with Crippen LogP contribution in [0.3, 0.4) is 0 Å².